The lowest BCUT2D eigenvalue weighted by Crippen LogP contribution is -2.49. The van der Waals surface area contributed by atoms with Gasteiger partial charge in [0.05, 0.1) is 0 Å². The van der Waals surface area contributed by atoms with Crippen molar-refractivity contribution < 1.29 is 4.79 Å². The van der Waals surface area contributed by atoms with Crippen molar-refractivity contribution in [3.8, 4) is 0 Å². The van der Waals surface area contributed by atoms with E-state index in [2.05, 4.69) is 16.8 Å². The molecule has 2 heterocycles. The summed E-state index contributed by atoms with van der Waals surface area (Å²) in [4.78, 5) is 16.5. The second kappa shape index (κ2) is 5.21. The molecule has 3 nitrogen and oxygen atoms in total. The Hall–Kier alpha value is -0.220. The fraction of sp³-hybridized carbons (Fsp3) is 0.909. The van der Waals surface area contributed by atoms with Gasteiger partial charge in [-0.15, -0.1) is 0 Å². The molecule has 1 unspecified atom stereocenters. The molecule has 1 atom stereocenters. The zero-order valence-electron chi connectivity index (χ0n) is 9.45. The molecule has 0 aromatic heterocycles. The Morgan fingerprint density at radius 1 is 1.27 bits per heavy atom. The SMILES string of the molecule is CN1CCN(C(=O)C2CCCSC2)CC1. The average Bonchev–Trinajstić information content (AvgIpc) is 2.30. The molecule has 2 aliphatic rings. The van der Waals surface area contributed by atoms with Crippen LogP contribution in [0.1, 0.15) is 12.8 Å². The van der Waals surface area contributed by atoms with Crippen molar-refractivity contribution in [1.82, 2.24) is 9.80 Å². The smallest absolute Gasteiger partial charge is 0.226 e. The van der Waals surface area contributed by atoms with Crippen LogP contribution in [-0.2, 0) is 4.79 Å². The largest absolute Gasteiger partial charge is 0.340 e. The van der Waals surface area contributed by atoms with Gasteiger partial charge >= 0.3 is 0 Å². The molecule has 0 radical (unpaired) electrons. The minimum atomic E-state index is 0.312. The molecule has 0 N–H and O–H groups in total. The van der Waals surface area contributed by atoms with E-state index in [0.717, 1.165) is 38.4 Å². The summed E-state index contributed by atoms with van der Waals surface area (Å²) in [6, 6.07) is 0. The van der Waals surface area contributed by atoms with E-state index < -0.39 is 0 Å². The van der Waals surface area contributed by atoms with Crippen molar-refractivity contribution in [2.24, 2.45) is 5.92 Å². The highest BCUT2D eigenvalue weighted by Crippen LogP contribution is 2.24. The van der Waals surface area contributed by atoms with Crippen LogP contribution in [0.15, 0.2) is 0 Å². The van der Waals surface area contributed by atoms with Crippen LogP contribution < -0.4 is 0 Å². The number of hydrogen-bond donors (Lipinski definition) is 0. The van der Waals surface area contributed by atoms with Crippen LogP contribution in [-0.4, -0.2) is 60.4 Å². The first-order valence-corrected chi connectivity index (χ1v) is 6.98. The Balaban J connectivity index is 1.84. The van der Waals surface area contributed by atoms with Gasteiger partial charge in [0, 0.05) is 37.8 Å². The van der Waals surface area contributed by atoms with Gasteiger partial charge in [-0.3, -0.25) is 4.79 Å². The van der Waals surface area contributed by atoms with E-state index in [-0.39, 0.29) is 0 Å². The number of likely N-dealkylation sites (N-methyl/N-ethyl adjacent to an activating group) is 1. The number of amides is 1. The van der Waals surface area contributed by atoms with Crippen molar-refractivity contribution >= 4 is 17.7 Å². The first-order chi connectivity index (χ1) is 7.27. The standard InChI is InChI=1S/C11H20N2OS/c1-12-4-6-13(7-5-12)11(14)10-3-2-8-15-9-10/h10H,2-9H2,1H3. The lowest BCUT2D eigenvalue weighted by atomic mass is 10.0. The number of hydrogen-bond acceptors (Lipinski definition) is 3. The molecule has 2 fully saturated rings. The monoisotopic (exact) mass is 228 g/mol. The van der Waals surface area contributed by atoms with Gasteiger partial charge in [0.1, 0.15) is 0 Å². The molecule has 15 heavy (non-hydrogen) atoms. The number of carbonyl (C=O) groups is 1. The van der Waals surface area contributed by atoms with Gasteiger partial charge in [-0.25, -0.2) is 0 Å². The molecule has 0 aliphatic carbocycles. The average molecular weight is 228 g/mol. The predicted molar refractivity (Wildman–Crippen MR) is 64.1 cm³/mol. The van der Waals surface area contributed by atoms with Gasteiger partial charge < -0.3 is 9.80 Å². The molecule has 4 heteroatoms. The molecule has 2 rings (SSSR count). The van der Waals surface area contributed by atoms with Crippen LogP contribution >= 0.6 is 11.8 Å². The summed E-state index contributed by atoms with van der Waals surface area (Å²) in [5.74, 6) is 3.01. The van der Waals surface area contributed by atoms with E-state index in [1.165, 1.54) is 12.2 Å². The first-order valence-electron chi connectivity index (χ1n) is 5.82. The molecule has 2 saturated heterocycles. The molecule has 86 valence electrons. The third-order valence-corrected chi connectivity index (χ3v) is 4.54. The van der Waals surface area contributed by atoms with E-state index in [9.17, 15) is 4.79 Å². The first kappa shape index (κ1) is 11.3. The fourth-order valence-corrected chi connectivity index (χ4v) is 3.35. The van der Waals surface area contributed by atoms with Crippen LogP contribution in [0.25, 0.3) is 0 Å². The molecular formula is C11H20N2OS. The molecule has 0 saturated carbocycles. The molecule has 2 aliphatic heterocycles. The van der Waals surface area contributed by atoms with Crippen molar-refractivity contribution in [3.63, 3.8) is 0 Å². The van der Waals surface area contributed by atoms with Crippen molar-refractivity contribution in [1.29, 1.82) is 0 Å². The van der Waals surface area contributed by atoms with Crippen LogP contribution in [0.5, 0.6) is 0 Å². The third-order valence-electron chi connectivity index (χ3n) is 3.32. The molecule has 0 aromatic rings. The maximum atomic E-state index is 12.2. The zero-order valence-corrected chi connectivity index (χ0v) is 10.3. The Morgan fingerprint density at radius 2 is 2.00 bits per heavy atom. The maximum Gasteiger partial charge on any atom is 0.226 e. The predicted octanol–water partition coefficient (Wildman–Crippen LogP) is 0.904. The van der Waals surface area contributed by atoms with Gasteiger partial charge in [0.2, 0.25) is 5.91 Å². The second-order valence-corrected chi connectivity index (χ2v) is 5.69. The van der Waals surface area contributed by atoms with E-state index in [1.54, 1.807) is 0 Å². The minimum Gasteiger partial charge on any atom is -0.340 e. The van der Waals surface area contributed by atoms with Gasteiger partial charge in [0.25, 0.3) is 0 Å². The summed E-state index contributed by atoms with van der Waals surface area (Å²) in [6.45, 7) is 3.92. The Labute approximate surface area is 96.2 Å². The lowest BCUT2D eigenvalue weighted by Gasteiger charge is -2.35. The van der Waals surface area contributed by atoms with E-state index in [0.29, 0.717) is 11.8 Å². The van der Waals surface area contributed by atoms with Crippen LogP contribution in [0.2, 0.25) is 0 Å². The van der Waals surface area contributed by atoms with E-state index in [1.807, 2.05) is 11.8 Å². The van der Waals surface area contributed by atoms with Gasteiger partial charge in [-0.05, 0) is 25.6 Å². The highest BCUT2D eigenvalue weighted by Gasteiger charge is 2.27. The van der Waals surface area contributed by atoms with Crippen molar-refractivity contribution in [2.45, 2.75) is 12.8 Å². The minimum absolute atomic E-state index is 0.312. The molecule has 0 aromatic carbocycles. The summed E-state index contributed by atoms with van der Waals surface area (Å²) in [5, 5.41) is 0. The van der Waals surface area contributed by atoms with E-state index in [4.69, 9.17) is 0 Å². The second-order valence-electron chi connectivity index (χ2n) is 4.54. The number of carbonyl (C=O) groups excluding carboxylic acids is 1. The highest BCUT2D eigenvalue weighted by molar-refractivity contribution is 7.99. The Kier molecular flexibility index (Phi) is 3.92. The molecular weight excluding hydrogens is 208 g/mol. The van der Waals surface area contributed by atoms with Crippen LogP contribution in [0.3, 0.4) is 0 Å². The molecule has 0 bridgehead atoms. The fourth-order valence-electron chi connectivity index (χ4n) is 2.22. The third kappa shape index (κ3) is 2.88. The van der Waals surface area contributed by atoms with E-state index >= 15 is 0 Å². The van der Waals surface area contributed by atoms with Gasteiger partial charge in [-0.1, -0.05) is 0 Å². The normalized spacial score (nSPS) is 29.1. The topological polar surface area (TPSA) is 23.6 Å². The number of rotatable bonds is 1. The summed E-state index contributed by atoms with van der Waals surface area (Å²) in [5.41, 5.74) is 0. The Morgan fingerprint density at radius 3 is 2.60 bits per heavy atom. The molecule has 0 spiro atoms. The highest BCUT2D eigenvalue weighted by atomic mass is 32.2. The summed E-state index contributed by atoms with van der Waals surface area (Å²) in [6.07, 6.45) is 2.33. The number of piperazine rings is 1. The maximum absolute atomic E-state index is 12.2. The molecule has 1 amide bonds. The summed E-state index contributed by atoms with van der Waals surface area (Å²) < 4.78 is 0. The van der Waals surface area contributed by atoms with Crippen molar-refractivity contribution in [3.05, 3.63) is 0 Å². The van der Waals surface area contributed by atoms with Gasteiger partial charge in [0.15, 0.2) is 0 Å². The number of thioether (sulfide) groups is 1. The Bertz CT molecular complexity index is 221. The van der Waals surface area contributed by atoms with Crippen LogP contribution in [0, 0.1) is 5.92 Å². The quantitative estimate of drug-likeness (QED) is 0.666. The summed E-state index contributed by atoms with van der Waals surface area (Å²) >= 11 is 1.94. The van der Waals surface area contributed by atoms with Gasteiger partial charge in [-0.2, -0.15) is 11.8 Å². The zero-order chi connectivity index (χ0) is 10.7. The van der Waals surface area contributed by atoms with Crippen molar-refractivity contribution in [2.75, 3.05) is 44.7 Å². The summed E-state index contributed by atoms with van der Waals surface area (Å²) in [7, 11) is 2.12. The van der Waals surface area contributed by atoms with Crippen LogP contribution in [0.4, 0.5) is 0 Å². The number of nitrogens with zero attached hydrogens (tertiary/aromatic N) is 2. The lowest BCUT2D eigenvalue weighted by molar-refractivity contribution is -0.136.